The molecule has 0 spiro atoms. The molecule has 0 saturated carbocycles. The number of carbonyl (C=O) groups is 1. The molecule has 2 heteroatoms. The molecule has 1 unspecified atom stereocenters. The van der Waals surface area contributed by atoms with Gasteiger partial charge in [0.15, 0.2) is 0 Å². The van der Waals surface area contributed by atoms with E-state index in [0.29, 0.717) is 0 Å². The fourth-order valence-electron chi connectivity index (χ4n) is 1.37. The largest absolute Gasteiger partial charge is 0.354 e. The lowest BCUT2D eigenvalue weighted by molar-refractivity contribution is -0.119. The van der Waals surface area contributed by atoms with Crippen molar-refractivity contribution in [3.05, 3.63) is 35.9 Å². The molecule has 0 aliphatic rings. The molecular formula is C13H21NO. The molecule has 15 heavy (non-hydrogen) atoms. The molecule has 1 aromatic rings. The van der Waals surface area contributed by atoms with Crippen molar-refractivity contribution >= 4 is 5.91 Å². The minimum Gasteiger partial charge on any atom is -0.354 e. The number of rotatable bonds is 3. The molecule has 2 nitrogen and oxygen atoms in total. The third-order valence-electron chi connectivity index (χ3n) is 1.83. The van der Waals surface area contributed by atoms with Crippen molar-refractivity contribution in [2.24, 2.45) is 0 Å². The number of benzene rings is 1. The van der Waals surface area contributed by atoms with E-state index >= 15 is 0 Å². The minimum atomic E-state index is 0.0310. The van der Waals surface area contributed by atoms with E-state index in [0.717, 1.165) is 6.42 Å². The zero-order chi connectivity index (χ0) is 11.7. The Hall–Kier alpha value is -1.31. The Kier molecular flexibility index (Phi) is 7.33. The molecule has 0 radical (unpaired) electrons. The lowest BCUT2D eigenvalue weighted by Crippen LogP contribution is -2.31. The van der Waals surface area contributed by atoms with Gasteiger partial charge in [-0.15, -0.1) is 0 Å². The van der Waals surface area contributed by atoms with E-state index in [4.69, 9.17) is 0 Å². The summed E-state index contributed by atoms with van der Waals surface area (Å²) in [5, 5.41) is 2.85. The number of amides is 1. The predicted molar refractivity (Wildman–Crippen MR) is 64.8 cm³/mol. The molecule has 1 amide bonds. The van der Waals surface area contributed by atoms with Gasteiger partial charge in [0.05, 0.1) is 0 Å². The van der Waals surface area contributed by atoms with Crippen LogP contribution in [0.2, 0.25) is 0 Å². The van der Waals surface area contributed by atoms with Crippen molar-refractivity contribution in [1.82, 2.24) is 5.32 Å². The molecule has 0 heterocycles. The molecule has 0 saturated heterocycles. The Balaban J connectivity index is 0.000000921. The lowest BCUT2D eigenvalue weighted by Gasteiger charge is -2.11. The maximum Gasteiger partial charge on any atom is 0.217 e. The van der Waals surface area contributed by atoms with Gasteiger partial charge in [-0.2, -0.15) is 0 Å². The number of nitrogens with one attached hydrogen (secondary N) is 1. The Morgan fingerprint density at radius 1 is 1.27 bits per heavy atom. The van der Waals surface area contributed by atoms with Crippen LogP contribution in [-0.4, -0.2) is 11.9 Å². The highest BCUT2D eigenvalue weighted by Crippen LogP contribution is 2.02. The van der Waals surface area contributed by atoms with Crippen molar-refractivity contribution < 1.29 is 4.79 Å². The van der Waals surface area contributed by atoms with E-state index in [1.165, 1.54) is 5.56 Å². The first-order valence-electron chi connectivity index (χ1n) is 5.49. The van der Waals surface area contributed by atoms with Crippen molar-refractivity contribution in [3.63, 3.8) is 0 Å². The second-order valence-electron chi connectivity index (χ2n) is 3.29. The van der Waals surface area contributed by atoms with Crippen molar-refractivity contribution in [2.45, 2.75) is 40.2 Å². The zero-order valence-electron chi connectivity index (χ0n) is 10.1. The van der Waals surface area contributed by atoms with Gasteiger partial charge in [-0.3, -0.25) is 4.79 Å². The van der Waals surface area contributed by atoms with Crippen LogP contribution in [0.3, 0.4) is 0 Å². The number of hydrogen-bond acceptors (Lipinski definition) is 1. The number of carbonyl (C=O) groups excluding carboxylic acids is 1. The molecule has 1 N–H and O–H groups in total. The van der Waals surface area contributed by atoms with Gasteiger partial charge in [0.25, 0.3) is 0 Å². The second kappa shape index (κ2) is 8.04. The molecule has 0 fully saturated rings. The maximum atomic E-state index is 10.7. The zero-order valence-corrected chi connectivity index (χ0v) is 10.1. The summed E-state index contributed by atoms with van der Waals surface area (Å²) in [7, 11) is 0. The fraction of sp³-hybridized carbons (Fsp3) is 0.462. The first-order valence-corrected chi connectivity index (χ1v) is 5.49. The lowest BCUT2D eigenvalue weighted by atomic mass is 10.1. The summed E-state index contributed by atoms with van der Waals surface area (Å²) in [4.78, 5) is 10.7. The van der Waals surface area contributed by atoms with Crippen LogP contribution < -0.4 is 5.32 Å². The summed E-state index contributed by atoms with van der Waals surface area (Å²) in [6.07, 6.45) is 0.889. The van der Waals surface area contributed by atoms with Gasteiger partial charge in [0.2, 0.25) is 5.91 Å². The molecule has 0 aliphatic heterocycles. The highest BCUT2D eigenvalue weighted by molar-refractivity contribution is 5.73. The monoisotopic (exact) mass is 207 g/mol. The van der Waals surface area contributed by atoms with E-state index in [1.54, 1.807) is 6.92 Å². The third-order valence-corrected chi connectivity index (χ3v) is 1.83. The smallest absolute Gasteiger partial charge is 0.217 e. The molecule has 0 aliphatic carbocycles. The van der Waals surface area contributed by atoms with Crippen LogP contribution in [0.25, 0.3) is 0 Å². The average molecular weight is 207 g/mol. The van der Waals surface area contributed by atoms with E-state index in [1.807, 2.05) is 39.0 Å². The van der Waals surface area contributed by atoms with Gasteiger partial charge < -0.3 is 5.32 Å². The van der Waals surface area contributed by atoms with E-state index in [2.05, 4.69) is 17.4 Å². The minimum absolute atomic E-state index is 0.0310. The van der Waals surface area contributed by atoms with Gasteiger partial charge >= 0.3 is 0 Å². The SMILES string of the molecule is CC.CC(=O)NC(C)Cc1ccccc1. The van der Waals surface area contributed by atoms with E-state index in [9.17, 15) is 4.79 Å². The Bertz CT molecular complexity index is 269. The van der Waals surface area contributed by atoms with Crippen LogP contribution in [0.4, 0.5) is 0 Å². The van der Waals surface area contributed by atoms with Crippen LogP contribution >= 0.6 is 0 Å². The molecule has 1 atom stereocenters. The van der Waals surface area contributed by atoms with Crippen LogP contribution in [0, 0.1) is 0 Å². The van der Waals surface area contributed by atoms with Crippen LogP contribution in [0.5, 0.6) is 0 Å². The van der Waals surface area contributed by atoms with Gasteiger partial charge in [0.1, 0.15) is 0 Å². The highest BCUT2D eigenvalue weighted by Gasteiger charge is 2.03. The first-order chi connectivity index (χ1) is 7.18. The van der Waals surface area contributed by atoms with Crippen LogP contribution in [0.15, 0.2) is 30.3 Å². The van der Waals surface area contributed by atoms with Gasteiger partial charge in [-0.25, -0.2) is 0 Å². The first kappa shape index (κ1) is 13.7. The summed E-state index contributed by atoms with van der Waals surface area (Å²) in [6, 6.07) is 10.4. The van der Waals surface area contributed by atoms with Gasteiger partial charge in [-0.1, -0.05) is 44.2 Å². The van der Waals surface area contributed by atoms with Crippen LogP contribution in [-0.2, 0) is 11.2 Å². The summed E-state index contributed by atoms with van der Waals surface area (Å²) in [5.74, 6) is 0.0310. The molecule has 84 valence electrons. The highest BCUT2D eigenvalue weighted by atomic mass is 16.1. The van der Waals surface area contributed by atoms with Gasteiger partial charge in [-0.05, 0) is 18.9 Å². The summed E-state index contributed by atoms with van der Waals surface area (Å²) in [5.41, 5.74) is 1.25. The second-order valence-corrected chi connectivity index (χ2v) is 3.29. The normalized spacial score (nSPS) is 10.9. The van der Waals surface area contributed by atoms with Crippen molar-refractivity contribution in [3.8, 4) is 0 Å². The molecule has 0 bridgehead atoms. The van der Waals surface area contributed by atoms with Crippen molar-refractivity contribution in [2.75, 3.05) is 0 Å². The Morgan fingerprint density at radius 3 is 2.27 bits per heavy atom. The summed E-state index contributed by atoms with van der Waals surface area (Å²) >= 11 is 0. The van der Waals surface area contributed by atoms with Crippen LogP contribution in [0.1, 0.15) is 33.3 Å². The third kappa shape index (κ3) is 6.72. The molecule has 1 rings (SSSR count). The number of hydrogen-bond donors (Lipinski definition) is 1. The van der Waals surface area contributed by atoms with E-state index in [-0.39, 0.29) is 11.9 Å². The standard InChI is InChI=1S/C11H15NO.C2H6/c1-9(12-10(2)13)8-11-6-4-3-5-7-11;1-2/h3-7,9H,8H2,1-2H3,(H,12,13);1-2H3. The quantitative estimate of drug-likeness (QED) is 0.811. The Morgan fingerprint density at radius 2 is 1.80 bits per heavy atom. The summed E-state index contributed by atoms with van der Waals surface area (Å²) in [6.45, 7) is 7.55. The van der Waals surface area contributed by atoms with Gasteiger partial charge in [0, 0.05) is 13.0 Å². The molecular weight excluding hydrogens is 186 g/mol. The average Bonchev–Trinajstić information content (AvgIpc) is 2.21. The van der Waals surface area contributed by atoms with E-state index < -0.39 is 0 Å². The molecule has 1 aromatic carbocycles. The maximum absolute atomic E-state index is 10.7. The topological polar surface area (TPSA) is 29.1 Å². The predicted octanol–water partition coefficient (Wildman–Crippen LogP) is 2.78. The Labute approximate surface area is 92.7 Å². The molecule has 0 aromatic heterocycles. The summed E-state index contributed by atoms with van der Waals surface area (Å²) < 4.78 is 0. The van der Waals surface area contributed by atoms with Crippen molar-refractivity contribution in [1.29, 1.82) is 0 Å². The fourth-order valence-corrected chi connectivity index (χ4v) is 1.37.